The molecule has 0 fully saturated rings. The van der Waals surface area contributed by atoms with Gasteiger partial charge in [0.2, 0.25) is 5.91 Å². The molecule has 0 saturated heterocycles. The number of hydrogen-bond acceptors (Lipinski definition) is 7. The van der Waals surface area contributed by atoms with Crippen molar-refractivity contribution in [2.24, 2.45) is 5.10 Å². The molecule has 0 bridgehead atoms. The second-order valence-electron chi connectivity index (χ2n) is 6.44. The lowest BCUT2D eigenvalue weighted by Gasteiger charge is -2.22. The van der Waals surface area contributed by atoms with Gasteiger partial charge in [-0.3, -0.25) is 9.80 Å². The fourth-order valence-electron chi connectivity index (χ4n) is 2.96. The Morgan fingerprint density at radius 2 is 2.11 bits per heavy atom. The van der Waals surface area contributed by atoms with Gasteiger partial charge in [0.05, 0.1) is 17.3 Å². The Balaban J connectivity index is 1.61. The van der Waals surface area contributed by atoms with Crippen molar-refractivity contribution in [3.8, 4) is 0 Å². The van der Waals surface area contributed by atoms with Crippen molar-refractivity contribution in [1.29, 1.82) is 0 Å². The topological polar surface area (TPSA) is 83.9 Å². The molecule has 1 aromatic carbocycles. The monoisotopic (exact) mass is 400 g/mol. The fourth-order valence-corrected chi connectivity index (χ4v) is 3.78. The Labute approximate surface area is 168 Å². The van der Waals surface area contributed by atoms with Crippen molar-refractivity contribution < 1.29 is 14.3 Å². The maximum Gasteiger partial charge on any atom is 0.354 e. The van der Waals surface area contributed by atoms with Gasteiger partial charge >= 0.3 is 5.97 Å². The molecule has 8 heteroatoms. The number of hydrazone groups is 1. The molecule has 1 aliphatic heterocycles. The molecule has 7 nitrogen and oxygen atoms in total. The number of amides is 1. The van der Waals surface area contributed by atoms with Gasteiger partial charge in [0.15, 0.2) is 0 Å². The number of nitrogens with one attached hydrogen (secondary N) is 1. The summed E-state index contributed by atoms with van der Waals surface area (Å²) in [6.07, 6.45) is 1.87. The molecule has 2 aromatic rings. The predicted molar refractivity (Wildman–Crippen MR) is 110 cm³/mol. The Bertz CT molecular complexity index is 850. The second-order valence-corrected chi connectivity index (χ2v) is 7.39. The third kappa shape index (κ3) is 4.95. The van der Waals surface area contributed by atoms with Crippen LogP contribution in [0.5, 0.6) is 0 Å². The summed E-state index contributed by atoms with van der Waals surface area (Å²) in [4.78, 5) is 29.3. The summed E-state index contributed by atoms with van der Waals surface area (Å²) in [5.41, 5.74) is 2.06. The number of aromatic nitrogens is 1. The first-order valence-corrected chi connectivity index (χ1v) is 10.2. The number of rotatable bonds is 8. The van der Waals surface area contributed by atoms with E-state index in [0.29, 0.717) is 6.54 Å². The van der Waals surface area contributed by atoms with Crippen molar-refractivity contribution in [3.05, 3.63) is 46.4 Å². The minimum absolute atomic E-state index is 0.151. The zero-order valence-electron chi connectivity index (χ0n) is 16.1. The third-order valence-electron chi connectivity index (χ3n) is 4.28. The van der Waals surface area contributed by atoms with Crippen LogP contribution in [0.15, 0.2) is 40.8 Å². The molecule has 0 radical (unpaired) electrons. The molecule has 1 atom stereocenters. The first-order chi connectivity index (χ1) is 13.6. The molecule has 28 heavy (non-hydrogen) atoms. The van der Waals surface area contributed by atoms with Crippen LogP contribution in [0.4, 0.5) is 5.69 Å². The molecule has 1 aromatic heterocycles. The number of para-hydroxylation sites is 1. The standard InChI is InChI=1S/C20H24N4O3S/c1-3-27-20(26)16-12-17(24(23-16)15-8-5-4-6-9-15)19(25)21-11-7-10-18-22-14(2)13-28-18/h4-6,8-9,13,17H,3,7,10-12H2,1-2H3,(H,21,25). The molecule has 0 spiro atoms. The highest BCUT2D eigenvalue weighted by molar-refractivity contribution is 7.09. The van der Waals surface area contributed by atoms with Crippen LogP contribution in [-0.2, 0) is 20.7 Å². The first kappa shape index (κ1) is 20.0. The van der Waals surface area contributed by atoms with E-state index < -0.39 is 12.0 Å². The lowest BCUT2D eigenvalue weighted by molar-refractivity contribution is -0.135. The van der Waals surface area contributed by atoms with Crippen LogP contribution >= 0.6 is 11.3 Å². The summed E-state index contributed by atoms with van der Waals surface area (Å²) in [5, 5.41) is 12.0. The van der Waals surface area contributed by atoms with E-state index >= 15 is 0 Å². The van der Waals surface area contributed by atoms with Gasteiger partial charge in [0, 0.05) is 30.5 Å². The zero-order chi connectivity index (χ0) is 19.9. The van der Waals surface area contributed by atoms with E-state index in [1.54, 1.807) is 23.3 Å². The van der Waals surface area contributed by atoms with Crippen LogP contribution in [-0.4, -0.2) is 41.8 Å². The van der Waals surface area contributed by atoms with Crippen LogP contribution in [0.3, 0.4) is 0 Å². The Morgan fingerprint density at radius 1 is 1.32 bits per heavy atom. The number of aryl methyl sites for hydroxylation is 2. The van der Waals surface area contributed by atoms with Gasteiger partial charge in [-0.2, -0.15) is 5.10 Å². The maximum atomic E-state index is 12.8. The average molecular weight is 401 g/mol. The van der Waals surface area contributed by atoms with Crippen LogP contribution in [0.2, 0.25) is 0 Å². The highest BCUT2D eigenvalue weighted by Gasteiger charge is 2.36. The SMILES string of the molecule is CCOC(=O)C1=NN(c2ccccc2)C(C(=O)NCCCc2nc(C)cs2)C1. The molecule has 2 heterocycles. The van der Waals surface area contributed by atoms with Crippen LogP contribution < -0.4 is 10.3 Å². The van der Waals surface area contributed by atoms with Gasteiger partial charge in [-0.15, -0.1) is 11.3 Å². The van der Waals surface area contributed by atoms with Crippen molar-refractivity contribution >= 4 is 34.6 Å². The number of benzene rings is 1. The summed E-state index contributed by atoms with van der Waals surface area (Å²) >= 11 is 1.64. The van der Waals surface area contributed by atoms with Crippen molar-refractivity contribution in [2.45, 2.75) is 39.2 Å². The summed E-state index contributed by atoms with van der Waals surface area (Å²) in [7, 11) is 0. The van der Waals surface area contributed by atoms with Crippen LogP contribution in [0, 0.1) is 6.92 Å². The number of carbonyl (C=O) groups excluding carboxylic acids is 2. The average Bonchev–Trinajstić information content (AvgIpc) is 3.32. The molecule has 1 N–H and O–H groups in total. The molecule has 1 unspecified atom stereocenters. The molecular weight excluding hydrogens is 376 g/mol. The highest BCUT2D eigenvalue weighted by Crippen LogP contribution is 2.25. The zero-order valence-corrected chi connectivity index (χ0v) is 16.9. The van der Waals surface area contributed by atoms with Gasteiger partial charge in [-0.05, 0) is 32.4 Å². The maximum absolute atomic E-state index is 12.8. The van der Waals surface area contributed by atoms with Crippen LogP contribution in [0.1, 0.15) is 30.5 Å². The second kappa shape index (κ2) is 9.45. The number of ether oxygens (including phenoxy) is 1. The summed E-state index contributed by atoms with van der Waals surface area (Å²) in [6, 6.07) is 8.80. The summed E-state index contributed by atoms with van der Waals surface area (Å²) in [5.74, 6) is -0.625. The molecule has 148 valence electrons. The lowest BCUT2D eigenvalue weighted by atomic mass is 10.1. The molecule has 1 amide bonds. The summed E-state index contributed by atoms with van der Waals surface area (Å²) in [6.45, 7) is 4.54. The third-order valence-corrected chi connectivity index (χ3v) is 5.30. The van der Waals surface area contributed by atoms with E-state index in [1.807, 2.05) is 42.6 Å². The predicted octanol–water partition coefficient (Wildman–Crippen LogP) is 2.70. The first-order valence-electron chi connectivity index (χ1n) is 9.36. The number of nitrogens with zero attached hydrogens (tertiary/aromatic N) is 3. The van der Waals surface area contributed by atoms with E-state index in [-0.39, 0.29) is 24.6 Å². The van der Waals surface area contributed by atoms with E-state index in [9.17, 15) is 9.59 Å². The Kier molecular flexibility index (Phi) is 6.76. The quantitative estimate of drug-likeness (QED) is 0.544. The number of thiazole rings is 1. The number of hydrogen-bond donors (Lipinski definition) is 1. The van der Waals surface area contributed by atoms with E-state index in [1.165, 1.54) is 0 Å². The van der Waals surface area contributed by atoms with Crippen LogP contribution in [0.25, 0.3) is 0 Å². The molecular formula is C20H24N4O3S. The smallest absolute Gasteiger partial charge is 0.354 e. The van der Waals surface area contributed by atoms with E-state index in [0.717, 1.165) is 29.2 Å². The van der Waals surface area contributed by atoms with Gasteiger partial charge in [-0.25, -0.2) is 9.78 Å². The fraction of sp³-hybridized carbons (Fsp3) is 0.400. The molecule has 0 saturated carbocycles. The molecule has 3 rings (SSSR count). The van der Waals surface area contributed by atoms with Crippen molar-refractivity contribution in [3.63, 3.8) is 0 Å². The Morgan fingerprint density at radius 3 is 2.79 bits per heavy atom. The minimum Gasteiger partial charge on any atom is -0.461 e. The Hall–Kier alpha value is -2.74. The molecule has 1 aliphatic rings. The largest absolute Gasteiger partial charge is 0.461 e. The highest BCUT2D eigenvalue weighted by atomic mass is 32.1. The normalized spacial score (nSPS) is 16.0. The van der Waals surface area contributed by atoms with Gasteiger partial charge in [-0.1, -0.05) is 18.2 Å². The van der Waals surface area contributed by atoms with Gasteiger partial charge in [0.1, 0.15) is 11.8 Å². The van der Waals surface area contributed by atoms with Gasteiger partial charge < -0.3 is 10.1 Å². The number of anilines is 1. The van der Waals surface area contributed by atoms with Crippen molar-refractivity contribution in [2.75, 3.05) is 18.2 Å². The molecule has 0 aliphatic carbocycles. The number of carbonyl (C=O) groups is 2. The lowest BCUT2D eigenvalue weighted by Crippen LogP contribution is -2.43. The summed E-state index contributed by atoms with van der Waals surface area (Å²) < 4.78 is 5.05. The van der Waals surface area contributed by atoms with Crippen molar-refractivity contribution in [1.82, 2.24) is 10.3 Å². The van der Waals surface area contributed by atoms with Gasteiger partial charge in [0.25, 0.3) is 0 Å². The van der Waals surface area contributed by atoms with E-state index in [4.69, 9.17) is 4.74 Å². The minimum atomic E-state index is -0.566. The number of esters is 1. The van der Waals surface area contributed by atoms with E-state index in [2.05, 4.69) is 15.4 Å².